The summed E-state index contributed by atoms with van der Waals surface area (Å²) in [7, 11) is 0. The maximum atomic E-state index is 11.8. The van der Waals surface area contributed by atoms with Crippen molar-refractivity contribution in [2.45, 2.75) is 25.8 Å². The number of nitrogens with zero attached hydrogens (tertiary/aromatic N) is 2. The smallest absolute Gasteiger partial charge is 0.270 e. The van der Waals surface area contributed by atoms with Gasteiger partial charge >= 0.3 is 0 Å². The summed E-state index contributed by atoms with van der Waals surface area (Å²) in [5.41, 5.74) is 6.20. The quantitative estimate of drug-likeness (QED) is 0.835. The van der Waals surface area contributed by atoms with E-state index >= 15 is 0 Å². The van der Waals surface area contributed by atoms with Gasteiger partial charge in [-0.1, -0.05) is 0 Å². The largest absolute Gasteiger partial charge is 0.349 e. The minimum Gasteiger partial charge on any atom is -0.349 e. The molecular formula is C12H20N4OS. The molecule has 0 bridgehead atoms. The zero-order valence-corrected chi connectivity index (χ0v) is 11.5. The third-order valence-corrected chi connectivity index (χ3v) is 4.10. The highest BCUT2D eigenvalue weighted by Crippen LogP contribution is 2.15. The number of nitrogens with two attached hydrogens (primary N) is 1. The molecule has 1 aliphatic heterocycles. The lowest BCUT2D eigenvalue weighted by atomic mass is 10.4. The summed E-state index contributed by atoms with van der Waals surface area (Å²) in [6.07, 6.45) is 2.55. The van der Waals surface area contributed by atoms with Crippen molar-refractivity contribution in [2.24, 2.45) is 5.73 Å². The second-order valence-electron chi connectivity index (χ2n) is 4.66. The number of likely N-dealkylation sites (tertiary alicyclic amines) is 1. The van der Waals surface area contributed by atoms with Crippen molar-refractivity contribution in [2.75, 3.05) is 26.2 Å². The fourth-order valence-electron chi connectivity index (χ4n) is 2.03. The molecule has 18 heavy (non-hydrogen) atoms. The van der Waals surface area contributed by atoms with E-state index in [0.29, 0.717) is 12.2 Å². The van der Waals surface area contributed by atoms with Crippen LogP contribution in [0, 0.1) is 0 Å². The number of hydrogen-bond donors (Lipinski definition) is 2. The van der Waals surface area contributed by atoms with Crippen LogP contribution >= 0.6 is 11.3 Å². The van der Waals surface area contributed by atoms with Crippen LogP contribution in [0.3, 0.4) is 0 Å². The predicted molar refractivity (Wildman–Crippen MR) is 72.7 cm³/mol. The maximum absolute atomic E-state index is 11.8. The van der Waals surface area contributed by atoms with Crippen LogP contribution < -0.4 is 11.1 Å². The normalized spacial score (nSPS) is 17.9. The lowest BCUT2D eigenvalue weighted by Gasteiger charge is -2.14. The van der Waals surface area contributed by atoms with Gasteiger partial charge < -0.3 is 16.0 Å². The molecule has 3 N–H and O–H groups in total. The molecule has 5 nitrogen and oxygen atoms in total. The Kier molecular flexibility index (Phi) is 4.68. The Labute approximate surface area is 111 Å². The number of thiazole rings is 1. The van der Waals surface area contributed by atoms with Gasteiger partial charge in [0.15, 0.2) is 0 Å². The molecule has 1 saturated heterocycles. The monoisotopic (exact) mass is 268 g/mol. The Morgan fingerprint density at radius 1 is 1.61 bits per heavy atom. The van der Waals surface area contributed by atoms with E-state index in [4.69, 9.17) is 5.73 Å². The van der Waals surface area contributed by atoms with E-state index in [9.17, 15) is 4.79 Å². The summed E-state index contributed by atoms with van der Waals surface area (Å²) in [6.45, 7) is 5.79. The number of amides is 1. The molecule has 1 amide bonds. The summed E-state index contributed by atoms with van der Waals surface area (Å²) in [4.78, 5) is 18.4. The molecule has 0 aliphatic carbocycles. The highest BCUT2D eigenvalue weighted by Gasteiger charge is 2.14. The van der Waals surface area contributed by atoms with Gasteiger partial charge in [-0.2, -0.15) is 0 Å². The van der Waals surface area contributed by atoms with E-state index in [1.165, 1.54) is 24.2 Å². The summed E-state index contributed by atoms with van der Waals surface area (Å²) >= 11 is 1.44. The SMILES string of the molecule is CC(N)c1nc(C(=O)NCCN2CCCC2)cs1. The van der Waals surface area contributed by atoms with E-state index in [-0.39, 0.29) is 11.9 Å². The molecule has 1 aliphatic rings. The Morgan fingerprint density at radius 3 is 2.94 bits per heavy atom. The summed E-state index contributed by atoms with van der Waals surface area (Å²) in [5.74, 6) is -0.0997. The lowest BCUT2D eigenvalue weighted by molar-refractivity contribution is 0.0945. The Balaban J connectivity index is 1.76. The fourth-order valence-corrected chi connectivity index (χ4v) is 2.78. The number of hydrogen-bond acceptors (Lipinski definition) is 5. The van der Waals surface area contributed by atoms with Crippen LogP contribution in [0.5, 0.6) is 0 Å². The number of nitrogens with one attached hydrogen (secondary N) is 1. The minimum atomic E-state index is -0.110. The van der Waals surface area contributed by atoms with Crippen molar-refractivity contribution in [3.63, 3.8) is 0 Å². The van der Waals surface area contributed by atoms with Gasteiger partial charge in [0, 0.05) is 18.5 Å². The Hall–Kier alpha value is -0.980. The molecular weight excluding hydrogens is 248 g/mol. The zero-order valence-electron chi connectivity index (χ0n) is 10.7. The molecule has 1 aromatic rings. The zero-order chi connectivity index (χ0) is 13.0. The van der Waals surface area contributed by atoms with Gasteiger partial charge in [0.2, 0.25) is 0 Å². The van der Waals surface area contributed by atoms with Crippen molar-refractivity contribution in [3.8, 4) is 0 Å². The molecule has 6 heteroatoms. The molecule has 1 unspecified atom stereocenters. The average molecular weight is 268 g/mol. The first-order valence-corrected chi connectivity index (χ1v) is 7.26. The van der Waals surface area contributed by atoms with E-state index in [2.05, 4.69) is 15.2 Å². The number of aromatic nitrogens is 1. The molecule has 0 aromatic carbocycles. The first kappa shape index (κ1) is 13.5. The molecule has 1 aromatic heterocycles. The minimum absolute atomic E-state index is 0.0997. The summed E-state index contributed by atoms with van der Waals surface area (Å²) < 4.78 is 0. The van der Waals surface area contributed by atoms with E-state index < -0.39 is 0 Å². The average Bonchev–Trinajstić information content (AvgIpc) is 2.99. The van der Waals surface area contributed by atoms with Gasteiger partial charge in [-0.3, -0.25) is 4.79 Å². The van der Waals surface area contributed by atoms with Crippen LogP contribution in [0.1, 0.15) is 41.3 Å². The fraction of sp³-hybridized carbons (Fsp3) is 0.667. The molecule has 0 saturated carbocycles. The number of rotatable bonds is 5. The molecule has 1 fully saturated rings. The van der Waals surface area contributed by atoms with Crippen LogP contribution in [-0.4, -0.2) is 42.0 Å². The van der Waals surface area contributed by atoms with E-state index in [0.717, 1.165) is 24.6 Å². The topological polar surface area (TPSA) is 71.2 Å². The molecule has 1 atom stereocenters. The van der Waals surface area contributed by atoms with Gasteiger partial charge in [0.1, 0.15) is 10.7 Å². The number of carbonyl (C=O) groups is 1. The first-order valence-electron chi connectivity index (χ1n) is 6.38. The van der Waals surface area contributed by atoms with E-state index in [1.807, 2.05) is 6.92 Å². The molecule has 2 rings (SSSR count). The Morgan fingerprint density at radius 2 is 2.33 bits per heavy atom. The standard InChI is InChI=1S/C12H20N4OS/c1-9(13)12-15-10(8-18-12)11(17)14-4-7-16-5-2-3-6-16/h8-9H,2-7,13H2,1H3,(H,14,17). The van der Waals surface area contributed by atoms with Crippen LogP contribution in [0.4, 0.5) is 0 Å². The maximum Gasteiger partial charge on any atom is 0.270 e. The molecule has 0 spiro atoms. The van der Waals surface area contributed by atoms with Gasteiger partial charge in [-0.25, -0.2) is 4.98 Å². The van der Waals surface area contributed by atoms with E-state index in [1.54, 1.807) is 5.38 Å². The highest BCUT2D eigenvalue weighted by molar-refractivity contribution is 7.09. The predicted octanol–water partition coefficient (Wildman–Crippen LogP) is 0.988. The second-order valence-corrected chi connectivity index (χ2v) is 5.55. The third-order valence-electron chi connectivity index (χ3n) is 3.06. The molecule has 100 valence electrons. The van der Waals surface area contributed by atoms with Gasteiger partial charge in [0.05, 0.1) is 6.04 Å². The Bertz CT molecular complexity index is 399. The van der Waals surface area contributed by atoms with Crippen LogP contribution in [0.25, 0.3) is 0 Å². The highest BCUT2D eigenvalue weighted by atomic mass is 32.1. The van der Waals surface area contributed by atoms with Crippen LogP contribution in [0.15, 0.2) is 5.38 Å². The molecule has 2 heterocycles. The van der Waals surface area contributed by atoms with Crippen molar-refractivity contribution < 1.29 is 4.79 Å². The van der Waals surface area contributed by atoms with Crippen LogP contribution in [-0.2, 0) is 0 Å². The van der Waals surface area contributed by atoms with Crippen molar-refractivity contribution in [3.05, 3.63) is 16.1 Å². The summed E-state index contributed by atoms with van der Waals surface area (Å²) in [5, 5.41) is 5.47. The van der Waals surface area contributed by atoms with Crippen LogP contribution in [0.2, 0.25) is 0 Å². The van der Waals surface area contributed by atoms with Crippen molar-refractivity contribution >= 4 is 17.2 Å². The number of carbonyl (C=O) groups excluding carboxylic acids is 1. The van der Waals surface area contributed by atoms with Gasteiger partial charge in [-0.05, 0) is 32.9 Å². The summed E-state index contributed by atoms with van der Waals surface area (Å²) in [6, 6.07) is -0.110. The lowest BCUT2D eigenvalue weighted by Crippen LogP contribution is -2.33. The van der Waals surface area contributed by atoms with Gasteiger partial charge in [0.25, 0.3) is 5.91 Å². The first-order chi connectivity index (χ1) is 8.66. The second kappa shape index (κ2) is 6.26. The van der Waals surface area contributed by atoms with Crippen molar-refractivity contribution in [1.82, 2.24) is 15.2 Å². The van der Waals surface area contributed by atoms with Crippen molar-refractivity contribution in [1.29, 1.82) is 0 Å². The third kappa shape index (κ3) is 3.51. The van der Waals surface area contributed by atoms with Gasteiger partial charge in [-0.15, -0.1) is 11.3 Å². The molecule has 0 radical (unpaired) electrons.